The Morgan fingerprint density at radius 1 is 1.17 bits per heavy atom. The summed E-state index contributed by atoms with van der Waals surface area (Å²) < 4.78 is 0. The molecular formula is C18H22N4OS. The van der Waals surface area contributed by atoms with Gasteiger partial charge in [0.25, 0.3) is 5.91 Å². The fourth-order valence-corrected chi connectivity index (χ4v) is 4.32. The molecule has 2 aromatic rings. The second-order valence-corrected chi connectivity index (χ2v) is 7.24. The largest absolute Gasteiger partial charge is 0.336 e. The van der Waals surface area contributed by atoms with Gasteiger partial charge in [0, 0.05) is 56.3 Å². The SMILES string of the molecule is O=C(c1csc(-c2ccccc2)n1)N1CCC(N2CCNCC2)C1. The van der Waals surface area contributed by atoms with Crippen LogP contribution in [0.1, 0.15) is 16.9 Å². The van der Waals surface area contributed by atoms with Crippen LogP contribution in [0.5, 0.6) is 0 Å². The Balaban J connectivity index is 1.42. The van der Waals surface area contributed by atoms with E-state index < -0.39 is 0 Å². The number of likely N-dealkylation sites (tertiary alicyclic amines) is 1. The minimum absolute atomic E-state index is 0.0751. The number of nitrogens with one attached hydrogen (secondary N) is 1. The van der Waals surface area contributed by atoms with Crippen LogP contribution in [0.15, 0.2) is 35.7 Å². The minimum atomic E-state index is 0.0751. The molecule has 4 rings (SSSR count). The fourth-order valence-electron chi connectivity index (χ4n) is 3.52. The van der Waals surface area contributed by atoms with Gasteiger partial charge in [0.2, 0.25) is 0 Å². The van der Waals surface area contributed by atoms with E-state index in [9.17, 15) is 4.79 Å². The molecule has 0 aliphatic carbocycles. The van der Waals surface area contributed by atoms with Crippen molar-refractivity contribution in [3.8, 4) is 10.6 Å². The molecule has 5 nitrogen and oxygen atoms in total. The van der Waals surface area contributed by atoms with Crippen LogP contribution in [-0.2, 0) is 0 Å². The normalized spacial score (nSPS) is 22.0. The summed E-state index contributed by atoms with van der Waals surface area (Å²) in [5.41, 5.74) is 1.65. The molecule has 3 heterocycles. The van der Waals surface area contributed by atoms with Crippen molar-refractivity contribution in [2.24, 2.45) is 0 Å². The molecule has 1 amide bonds. The van der Waals surface area contributed by atoms with Crippen molar-refractivity contribution < 1.29 is 4.79 Å². The molecule has 126 valence electrons. The number of thiazole rings is 1. The van der Waals surface area contributed by atoms with Gasteiger partial charge in [-0.25, -0.2) is 4.98 Å². The van der Waals surface area contributed by atoms with Crippen molar-refractivity contribution in [1.29, 1.82) is 0 Å². The van der Waals surface area contributed by atoms with Gasteiger partial charge in [-0.15, -0.1) is 11.3 Å². The third-order valence-electron chi connectivity index (χ3n) is 4.86. The molecule has 0 saturated carbocycles. The quantitative estimate of drug-likeness (QED) is 0.926. The maximum absolute atomic E-state index is 12.8. The smallest absolute Gasteiger partial charge is 0.273 e. The van der Waals surface area contributed by atoms with Gasteiger partial charge in [0.1, 0.15) is 10.7 Å². The summed E-state index contributed by atoms with van der Waals surface area (Å²) in [6.45, 7) is 5.94. The van der Waals surface area contributed by atoms with Crippen LogP contribution in [0, 0.1) is 0 Å². The lowest BCUT2D eigenvalue weighted by atomic mass is 10.2. The van der Waals surface area contributed by atoms with Crippen molar-refractivity contribution in [3.05, 3.63) is 41.4 Å². The summed E-state index contributed by atoms with van der Waals surface area (Å²) in [6.07, 6.45) is 1.07. The molecule has 24 heavy (non-hydrogen) atoms. The van der Waals surface area contributed by atoms with Crippen molar-refractivity contribution in [2.45, 2.75) is 12.5 Å². The highest BCUT2D eigenvalue weighted by Crippen LogP contribution is 2.25. The summed E-state index contributed by atoms with van der Waals surface area (Å²) in [5.74, 6) is 0.0751. The lowest BCUT2D eigenvalue weighted by molar-refractivity contribution is 0.0768. The standard InChI is InChI=1S/C18H22N4OS/c23-18(16-13-24-17(20-16)14-4-2-1-3-5-14)22-9-6-15(12-22)21-10-7-19-8-11-21/h1-5,13,15,19H,6-12H2. The van der Waals surface area contributed by atoms with Crippen LogP contribution in [0.3, 0.4) is 0 Å². The number of benzene rings is 1. The first-order valence-corrected chi connectivity index (χ1v) is 9.44. The van der Waals surface area contributed by atoms with Crippen LogP contribution >= 0.6 is 11.3 Å². The van der Waals surface area contributed by atoms with Gasteiger partial charge in [-0.05, 0) is 6.42 Å². The van der Waals surface area contributed by atoms with E-state index in [4.69, 9.17) is 0 Å². The average molecular weight is 342 g/mol. The van der Waals surface area contributed by atoms with E-state index in [2.05, 4.69) is 15.2 Å². The van der Waals surface area contributed by atoms with Crippen LogP contribution in [0.4, 0.5) is 0 Å². The number of hydrogen-bond acceptors (Lipinski definition) is 5. The predicted octanol–water partition coefficient (Wildman–Crippen LogP) is 1.93. The van der Waals surface area contributed by atoms with Crippen LogP contribution in [0.25, 0.3) is 10.6 Å². The molecular weight excluding hydrogens is 320 g/mol. The summed E-state index contributed by atoms with van der Waals surface area (Å²) in [7, 11) is 0. The summed E-state index contributed by atoms with van der Waals surface area (Å²) >= 11 is 1.54. The zero-order valence-corrected chi connectivity index (χ0v) is 14.5. The Hall–Kier alpha value is -1.76. The maximum atomic E-state index is 12.8. The van der Waals surface area contributed by atoms with E-state index in [1.54, 1.807) is 11.3 Å². The van der Waals surface area contributed by atoms with E-state index in [1.807, 2.05) is 40.6 Å². The lowest BCUT2D eigenvalue weighted by Crippen LogP contribution is -2.49. The van der Waals surface area contributed by atoms with Gasteiger partial charge in [-0.1, -0.05) is 30.3 Å². The Morgan fingerprint density at radius 2 is 1.96 bits per heavy atom. The molecule has 2 aliphatic rings. The number of hydrogen-bond donors (Lipinski definition) is 1. The van der Waals surface area contributed by atoms with E-state index in [0.717, 1.165) is 56.3 Å². The molecule has 1 aromatic carbocycles. The topological polar surface area (TPSA) is 48.5 Å². The predicted molar refractivity (Wildman–Crippen MR) is 96.3 cm³/mol. The molecule has 1 unspecified atom stereocenters. The number of aromatic nitrogens is 1. The van der Waals surface area contributed by atoms with Gasteiger partial charge in [-0.3, -0.25) is 9.69 Å². The molecule has 6 heteroatoms. The highest BCUT2D eigenvalue weighted by Gasteiger charge is 2.32. The van der Waals surface area contributed by atoms with Crippen LogP contribution in [-0.4, -0.2) is 66.0 Å². The van der Waals surface area contributed by atoms with E-state index in [0.29, 0.717) is 11.7 Å². The number of carbonyl (C=O) groups excluding carboxylic acids is 1. The van der Waals surface area contributed by atoms with Crippen LogP contribution < -0.4 is 5.32 Å². The average Bonchev–Trinajstić information content (AvgIpc) is 3.33. The monoisotopic (exact) mass is 342 g/mol. The molecule has 2 saturated heterocycles. The highest BCUT2D eigenvalue weighted by atomic mass is 32.1. The Labute approximate surface area is 146 Å². The van der Waals surface area contributed by atoms with Gasteiger partial charge in [0.15, 0.2) is 0 Å². The second kappa shape index (κ2) is 7.01. The molecule has 1 atom stereocenters. The highest BCUT2D eigenvalue weighted by molar-refractivity contribution is 7.13. The van der Waals surface area contributed by atoms with Crippen LogP contribution in [0.2, 0.25) is 0 Å². The van der Waals surface area contributed by atoms with Crippen molar-refractivity contribution in [3.63, 3.8) is 0 Å². The molecule has 2 aliphatic heterocycles. The van der Waals surface area contributed by atoms with Crippen molar-refractivity contribution in [1.82, 2.24) is 20.1 Å². The van der Waals surface area contributed by atoms with Crippen molar-refractivity contribution in [2.75, 3.05) is 39.3 Å². The van der Waals surface area contributed by atoms with Gasteiger partial charge >= 0.3 is 0 Å². The first-order chi connectivity index (χ1) is 11.8. The lowest BCUT2D eigenvalue weighted by Gasteiger charge is -2.32. The molecule has 1 aromatic heterocycles. The molecule has 0 bridgehead atoms. The summed E-state index contributed by atoms with van der Waals surface area (Å²) in [6, 6.07) is 10.5. The Bertz CT molecular complexity index is 696. The second-order valence-electron chi connectivity index (χ2n) is 6.38. The van der Waals surface area contributed by atoms with Gasteiger partial charge in [-0.2, -0.15) is 0 Å². The number of amides is 1. The first kappa shape index (κ1) is 15.7. The first-order valence-electron chi connectivity index (χ1n) is 8.56. The van der Waals surface area contributed by atoms with E-state index in [1.165, 1.54) is 0 Å². The molecule has 0 spiro atoms. The number of nitrogens with zero attached hydrogens (tertiary/aromatic N) is 3. The molecule has 2 fully saturated rings. The number of rotatable bonds is 3. The van der Waals surface area contributed by atoms with E-state index >= 15 is 0 Å². The van der Waals surface area contributed by atoms with E-state index in [-0.39, 0.29) is 5.91 Å². The summed E-state index contributed by atoms with van der Waals surface area (Å²) in [5, 5.41) is 6.19. The molecule has 1 N–H and O–H groups in total. The third kappa shape index (κ3) is 3.22. The maximum Gasteiger partial charge on any atom is 0.273 e. The Kier molecular flexibility index (Phi) is 4.60. The van der Waals surface area contributed by atoms with Gasteiger partial charge < -0.3 is 10.2 Å². The zero-order valence-electron chi connectivity index (χ0n) is 13.6. The number of carbonyl (C=O) groups is 1. The van der Waals surface area contributed by atoms with Gasteiger partial charge in [0.05, 0.1) is 0 Å². The molecule has 0 radical (unpaired) electrons. The minimum Gasteiger partial charge on any atom is -0.336 e. The fraction of sp³-hybridized carbons (Fsp3) is 0.444. The third-order valence-corrected chi connectivity index (χ3v) is 5.75. The number of piperazine rings is 1. The Morgan fingerprint density at radius 3 is 2.75 bits per heavy atom. The summed E-state index contributed by atoms with van der Waals surface area (Å²) in [4.78, 5) is 21.8. The zero-order chi connectivity index (χ0) is 16.4. The van der Waals surface area contributed by atoms with Crippen molar-refractivity contribution >= 4 is 17.2 Å².